The van der Waals surface area contributed by atoms with E-state index in [1.165, 1.54) is 5.56 Å². The molecular formula is C14H16BrN3. The molecule has 0 aliphatic rings. The van der Waals surface area contributed by atoms with Crippen LogP contribution in [-0.2, 0) is 0 Å². The van der Waals surface area contributed by atoms with Crippen molar-refractivity contribution in [3.05, 3.63) is 46.3 Å². The Morgan fingerprint density at radius 3 is 2.61 bits per heavy atom. The van der Waals surface area contributed by atoms with Crippen LogP contribution in [0, 0.1) is 6.92 Å². The van der Waals surface area contributed by atoms with Crippen LogP contribution >= 0.6 is 15.9 Å². The Morgan fingerprint density at radius 2 is 1.94 bits per heavy atom. The van der Waals surface area contributed by atoms with Crippen LogP contribution in [0.15, 0.2) is 34.9 Å². The molecule has 1 heterocycles. The van der Waals surface area contributed by atoms with Crippen molar-refractivity contribution < 1.29 is 0 Å². The average molecular weight is 306 g/mol. The lowest BCUT2D eigenvalue weighted by Crippen LogP contribution is -2.02. The van der Waals surface area contributed by atoms with Gasteiger partial charge in [0.05, 0.1) is 0 Å². The Labute approximate surface area is 116 Å². The lowest BCUT2D eigenvalue weighted by molar-refractivity contribution is 0.771. The fourth-order valence-corrected chi connectivity index (χ4v) is 2.03. The van der Waals surface area contributed by atoms with Gasteiger partial charge >= 0.3 is 0 Å². The molecular weight excluding hydrogens is 290 g/mol. The second-order valence-corrected chi connectivity index (χ2v) is 5.40. The van der Waals surface area contributed by atoms with Gasteiger partial charge in [-0.05, 0) is 40.5 Å². The molecule has 94 valence electrons. The number of benzene rings is 1. The fraction of sp³-hybridized carbons (Fsp3) is 0.286. The Kier molecular flexibility index (Phi) is 3.97. The first-order valence-corrected chi connectivity index (χ1v) is 6.72. The molecule has 0 saturated carbocycles. The highest BCUT2D eigenvalue weighted by atomic mass is 79.9. The third-order valence-electron chi connectivity index (χ3n) is 2.52. The lowest BCUT2D eigenvalue weighted by atomic mass is 10.2. The van der Waals surface area contributed by atoms with E-state index < -0.39 is 0 Å². The zero-order chi connectivity index (χ0) is 13.1. The van der Waals surface area contributed by atoms with Gasteiger partial charge in [0.2, 0.25) is 0 Å². The first kappa shape index (κ1) is 13.0. The highest BCUT2D eigenvalue weighted by Crippen LogP contribution is 2.21. The van der Waals surface area contributed by atoms with Crippen LogP contribution < -0.4 is 5.32 Å². The summed E-state index contributed by atoms with van der Waals surface area (Å²) >= 11 is 3.42. The maximum absolute atomic E-state index is 4.51. The second-order valence-electron chi connectivity index (χ2n) is 4.58. The van der Waals surface area contributed by atoms with Crippen LogP contribution in [0.1, 0.15) is 31.2 Å². The Balaban J connectivity index is 2.29. The summed E-state index contributed by atoms with van der Waals surface area (Å²) in [6, 6.07) is 10.1. The van der Waals surface area contributed by atoms with Crippen molar-refractivity contribution in [2.45, 2.75) is 26.7 Å². The van der Waals surface area contributed by atoms with E-state index in [4.69, 9.17) is 0 Å². The van der Waals surface area contributed by atoms with Crippen LogP contribution in [0.2, 0.25) is 0 Å². The molecule has 0 atom stereocenters. The van der Waals surface area contributed by atoms with E-state index in [0.29, 0.717) is 5.92 Å². The predicted octanol–water partition coefficient (Wildman–Crippen LogP) is 4.41. The number of rotatable bonds is 3. The monoisotopic (exact) mass is 305 g/mol. The first-order valence-electron chi connectivity index (χ1n) is 5.93. The number of nitrogens with one attached hydrogen (secondary N) is 1. The summed E-state index contributed by atoms with van der Waals surface area (Å²) < 4.78 is 0.802. The molecule has 1 aromatic carbocycles. The molecule has 4 heteroatoms. The summed E-state index contributed by atoms with van der Waals surface area (Å²) in [5.74, 6) is 1.95. The van der Waals surface area contributed by atoms with Crippen LogP contribution in [0.3, 0.4) is 0 Å². The van der Waals surface area contributed by atoms with Crippen molar-refractivity contribution in [3.8, 4) is 0 Å². The van der Waals surface area contributed by atoms with Crippen LogP contribution in [-0.4, -0.2) is 9.97 Å². The van der Waals surface area contributed by atoms with E-state index in [0.717, 1.165) is 21.9 Å². The quantitative estimate of drug-likeness (QED) is 0.853. The zero-order valence-electron chi connectivity index (χ0n) is 10.7. The normalized spacial score (nSPS) is 10.7. The number of aromatic nitrogens is 2. The SMILES string of the molecule is Cc1cccc(Nc2cc(Br)nc(C(C)C)n2)c1. The van der Waals surface area contributed by atoms with Crippen LogP contribution in [0.5, 0.6) is 0 Å². The van der Waals surface area contributed by atoms with Gasteiger partial charge in [-0.15, -0.1) is 0 Å². The molecule has 1 aromatic heterocycles. The average Bonchev–Trinajstić information content (AvgIpc) is 2.28. The summed E-state index contributed by atoms with van der Waals surface area (Å²) in [5, 5.41) is 3.30. The molecule has 2 rings (SSSR count). The van der Waals surface area contributed by atoms with Crippen molar-refractivity contribution in [1.82, 2.24) is 9.97 Å². The van der Waals surface area contributed by atoms with Gasteiger partial charge in [-0.25, -0.2) is 9.97 Å². The summed E-state index contributed by atoms with van der Waals surface area (Å²) in [4.78, 5) is 8.86. The number of nitrogens with zero attached hydrogens (tertiary/aromatic N) is 2. The van der Waals surface area contributed by atoms with Crippen molar-refractivity contribution in [2.24, 2.45) is 0 Å². The molecule has 0 spiro atoms. The fourth-order valence-electron chi connectivity index (χ4n) is 1.63. The zero-order valence-corrected chi connectivity index (χ0v) is 12.3. The van der Waals surface area contributed by atoms with Gasteiger partial charge in [-0.1, -0.05) is 26.0 Å². The number of anilines is 2. The number of hydrogen-bond acceptors (Lipinski definition) is 3. The van der Waals surface area contributed by atoms with Gasteiger partial charge in [0, 0.05) is 17.7 Å². The van der Waals surface area contributed by atoms with E-state index >= 15 is 0 Å². The standard InChI is InChI=1S/C14H16BrN3/c1-9(2)14-17-12(15)8-13(18-14)16-11-6-4-5-10(3)7-11/h4-9H,1-3H3,(H,16,17,18). The molecule has 1 N–H and O–H groups in total. The molecule has 0 saturated heterocycles. The number of hydrogen-bond donors (Lipinski definition) is 1. The van der Waals surface area contributed by atoms with E-state index in [1.807, 2.05) is 18.2 Å². The van der Waals surface area contributed by atoms with E-state index in [-0.39, 0.29) is 0 Å². The van der Waals surface area contributed by atoms with Crippen molar-refractivity contribution in [2.75, 3.05) is 5.32 Å². The van der Waals surface area contributed by atoms with Crippen LogP contribution in [0.25, 0.3) is 0 Å². The van der Waals surface area contributed by atoms with Gasteiger partial charge in [0.25, 0.3) is 0 Å². The minimum Gasteiger partial charge on any atom is -0.340 e. The number of aryl methyl sites for hydroxylation is 1. The second kappa shape index (κ2) is 5.48. The maximum Gasteiger partial charge on any atom is 0.135 e. The molecule has 18 heavy (non-hydrogen) atoms. The Hall–Kier alpha value is -1.42. The molecule has 2 aromatic rings. The predicted molar refractivity (Wildman–Crippen MR) is 78.3 cm³/mol. The third-order valence-corrected chi connectivity index (χ3v) is 2.93. The first-order chi connectivity index (χ1) is 8.54. The van der Waals surface area contributed by atoms with E-state index in [1.54, 1.807) is 0 Å². The summed E-state index contributed by atoms with van der Waals surface area (Å²) in [7, 11) is 0. The van der Waals surface area contributed by atoms with E-state index in [9.17, 15) is 0 Å². The molecule has 0 unspecified atom stereocenters. The molecule has 0 radical (unpaired) electrons. The molecule has 0 aliphatic carbocycles. The molecule has 3 nitrogen and oxygen atoms in total. The molecule has 0 fully saturated rings. The largest absolute Gasteiger partial charge is 0.340 e. The van der Waals surface area contributed by atoms with Gasteiger partial charge in [-0.3, -0.25) is 0 Å². The van der Waals surface area contributed by atoms with Crippen molar-refractivity contribution >= 4 is 27.4 Å². The van der Waals surface area contributed by atoms with Crippen molar-refractivity contribution in [3.63, 3.8) is 0 Å². The van der Waals surface area contributed by atoms with Gasteiger partial charge in [0.1, 0.15) is 16.2 Å². The summed E-state index contributed by atoms with van der Waals surface area (Å²) in [5.41, 5.74) is 2.26. The van der Waals surface area contributed by atoms with Crippen molar-refractivity contribution in [1.29, 1.82) is 0 Å². The molecule has 0 amide bonds. The van der Waals surface area contributed by atoms with Gasteiger partial charge in [0.15, 0.2) is 0 Å². The lowest BCUT2D eigenvalue weighted by Gasteiger charge is -2.10. The smallest absolute Gasteiger partial charge is 0.135 e. The highest BCUT2D eigenvalue weighted by Gasteiger charge is 2.07. The maximum atomic E-state index is 4.51. The highest BCUT2D eigenvalue weighted by molar-refractivity contribution is 9.10. The van der Waals surface area contributed by atoms with Gasteiger partial charge in [-0.2, -0.15) is 0 Å². The topological polar surface area (TPSA) is 37.8 Å². The summed E-state index contributed by atoms with van der Waals surface area (Å²) in [6.07, 6.45) is 0. The number of halogens is 1. The summed E-state index contributed by atoms with van der Waals surface area (Å²) in [6.45, 7) is 6.23. The minimum atomic E-state index is 0.306. The van der Waals surface area contributed by atoms with Crippen LogP contribution in [0.4, 0.5) is 11.5 Å². The third kappa shape index (κ3) is 3.29. The Morgan fingerprint density at radius 1 is 1.17 bits per heavy atom. The van der Waals surface area contributed by atoms with E-state index in [2.05, 4.69) is 64.1 Å². The molecule has 0 aliphatic heterocycles. The molecule has 0 bridgehead atoms. The minimum absolute atomic E-state index is 0.306. The van der Waals surface area contributed by atoms with Gasteiger partial charge < -0.3 is 5.32 Å². The Bertz CT molecular complexity index is 552.